The second-order valence-corrected chi connectivity index (χ2v) is 0.893. The van der Waals surface area contributed by atoms with Gasteiger partial charge < -0.3 is 0 Å². The maximum Gasteiger partial charge on any atom is 0.0491 e. The Balaban J connectivity index is 3.27. The standard InChI is InChI=1S/C5H8N2/c1-3-4-5-7-6-2/h3-5H,1H2,2H3/b5-4-,7-6-. The number of rotatable bonds is 2. The van der Waals surface area contributed by atoms with E-state index in [-0.39, 0.29) is 0 Å². The van der Waals surface area contributed by atoms with Crippen LogP contribution < -0.4 is 0 Å². The Bertz CT molecular complexity index is 92.3. The molecule has 0 spiro atoms. The average molecular weight is 96.1 g/mol. The molecule has 0 aromatic carbocycles. The quantitative estimate of drug-likeness (QED) is 0.369. The van der Waals surface area contributed by atoms with Crippen molar-refractivity contribution < 1.29 is 0 Å². The highest BCUT2D eigenvalue weighted by molar-refractivity contribution is 4.95. The van der Waals surface area contributed by atoms with Gasteiger partial charge in [-0.3, -0.25) is 0 Å². The van der Waals surface area contributed by atoms with Crippen LogP contribution in [0.25, 0.3) is 0 Å². The van der Waals surface area contributed by atoms with Crippen molar-refractivity contribution in [3.8, 4) is 0 Å². The first-order valence-electron chi connectivity index (χ1n) is 1.98. The fraction of sp³-hybridized carbons (Fsp3) is 0.200. The van der Waals surface area contributed by atoms with E-state index in [4.69, 9.17) is 0 Å². The fourth-order valence-corrected chi connectivity index (χ4v) is 0.166. The summed E-state index contributed by atoms with van der Waals surface area (Å²) in [5, 5.41) is 7.00. The van der Waals surface area contributed by atoms with Gasteiger partial charge in [0, 0.05) is 13.2 Å². The molecule has 0 N–H and O–H groups in total. The minimum atomic E-state index is 1.58. The van der Waals surface area contributed by atoms with Crippen LogP contribution in [0.2, 0.25) is 0 Å². The summed E-state index contributed by atoms with van der Waals surface area (Å²) in [7, 11) is 1.62. The molecule has 0 rings (SSSR count). The normalized spacial score (nSPS) is 11.0. The van der Waals surface area contributed by atoms with Gasteiger partial charge in [0.25, 0.3) is 0 Å². The van der Waals surface area contributed by atoms with Gasteiger partial charge in [0.15, 0.2) is 0 Å². The van der Waals surface area contributed by atoms with Crippen molar-refractivity contribution in [3.63, 3.8) is 0 Å². The zero-order valence-electron chi connectivity index (χ0n) is 4.33. The largest absolute Gasteiger partial charge is 0.193 e. The monoisotopic (exact) mass is 96.1 g/mol. The van der Waals surface area contributed by atoms with Gasteiger partial charge in [-0.05, 0) is 6.08 Å². The average Bonchev–Trinajstić information content (AvgIpc) is 1.69. The number of azo groups is 1. The highest BCUT2D eigenvalue weighted by Gasteiger charge is 1.52. The van der Waals surface area contributed by atoms with Gasteiger partial charge in [-0.2, -0.15) is 10.2 Å². The molecular formula is C5H8N2. The van der Waals surface area contributed by atoms with Crippen molar-refractivity contribution in [2.75, 3.05) is 7.05 Å². The van der Waals surface area contributed by atoms with Gasteiger partial charge in [0.1, 0.15) is 0 Å². The molecule has 0 heterocycles. The van der Waals surface area contributed by atoms with Crippen molar-refractivity contribution in [1.29, 1.82) is 0 Å². The summed E-state index contributed by atoms with van der Waals surface area (Å²) >= 11 is 0. The molecular weight excluding hydrogens is 88.1 g/mol. The fourth-order valence-electron chi connectivity index (χ4n) is 0.166. The van der Waals surface area contributed by atoms with E-state index in [1.807, 2.05) is 0 Å². The molecule has 0 atom stereocenters. The Morgan fingerprint density at radius 3 is 2.71 bits per heavy atom. The van der Waals surface area contributed by atoms with Crippen LogP contribution in [-0.2, 0) is 0 Å². The van der Waals surface area contributed by atoms with Crippen LogP contribution in [0.3, 0.4) is 0 Å². The predicted molar refractivity (Wildman–Crippen MR) is 30.1 cm³/mol. The number of hydrogen-bond acceptors (Lipinski definition) is 2. The van der Waals surface area contributed by atoms with Crippen LogP contribution in [-0.4, -0.2) is 7.05 Å². The zero-order chi connectivity index (χ0) is 5.54. The number of nitrogens with zero attached hydrogens (tertiary/aromatic N) is 2. The number of hydrogen-bond donors (Lipinski definition) is 0. The first kappa shape index (κ1) is 6.08. The maximum absolute atomic E-state index is 3.53. The van der Waals surface area contributed by atoms with Crippen molar-refractivity contribution in [2.45, 2.75) is 0 Å². The molecule has 2 nitrogen and oxygen atoms in total. The molecule has 0 saturated carbocycles. The van der Waals surface area contributed by atoms with E-state index in [1.165, 1.54) is 0 Å². The van der Waals surface area contributed by atoms with Gasteiger partial charge in [-0.25, -0.2) is 0 Å². The molecule has 0 saturated heterocycles. The Hall–Kier alpha value is -0.920. The summed E-state index contributed by atoms with van der Waals surface area (Å²) in [6, 6.07) is 0. The summed E-state index contributed by atoms with van der Waals surface area (Å²) in [6.07, 6.45) is 4.94. The van der Waals surface area contributed by atoms with Gasteiger partial charge >= 0.3 is 0 Å². The molecule has 0 radical (unpaired) electrons. The second kappa shape index (κ2) is 5.08. The minimum absolute atomic E-state index is 1.58. The third-order valence-electron chi connectivity index (χ3n) is 0.404. The van der Waals surface area contributed by atoms with Crippen LogP contribution >= 0.6 is 0 Å². The highest BCUT2D eigenvalue weighted by atomic mass is 15.1. The van der Waals surface area contributed by atoms with Crippen molar-refractivity contribution in [1.82, 2.24) is 0 Å². The van der Waals surface area contributed by atoms with E-state index in [0.717, 1.165) is 0 Å². The third kappa shape index (κ3) is 5.08. The first-order valence-corrected chi connectivity index (χ1v) is 1.98. The van der Waals surface area contributed by atoms with Crippen LogP contribution in [0, 0.1) is 0 Å². The molecule has 0 fully saturated rings. The second-order valence-electron chi connectivity index (χ2n) is 0.893. The van der Waals surface area contributed by atoms with Crippen LogP contribution in [0.1, 0.15) is 0 Å². The van der Waals surface area contributed by atoms with E-state index in [1.54, 1.807) is 25.4 Å². The van der Waals surface area contributed by atoms with Gasteiger partial charge in [-0.1, -0.05) is 12.7 Å². The summed E-state index contributed by atoms with van der Waals surface area (Å²) in [5.74, 6) is 0. The van der Waals surface area contributed by atoms with E-state index in [0.29, 0.717) is 0 Å². The zero-order valence-corrected chi connectivity index (χ0v) is 4.33. The lowest BCUT2D eigenvalue weighted by atomic mass is 10.6. The molecule has 0 aliphatic heterocycles. The molecule has 0 amide bonds. The molecule has 38 valence electrons. The lowest BCUT2D eigenvalue weighted by molar-refractivity contribution is 1.16. The predicted octanol–water partition coefficient (Wildman–Crippen LogP) is 1.77. The smallest absolute Gasteiger partial charge is 0.0491 e. The molecule has 0 unspecified atom stereocenters. The summed E-state index contributed by atoms with van der Waals surface area (Å²) in [6.45, 7) is 3.44. The molecule has 0 aliphatic carbocycles. The molecule has 7 heavy (non-hydrogen) atoms. The summed E-state index contributed by atoms with van der Waals surface area (Å²) in [4.78, 5) is 0. The van der Waals surface area contributed by atoms with Crippen LogP contribution in [0.15, 0.2) is 35.2 Å². The Morgan fingerprint density at radius 1 is 1.57 bits per heavy atom. The minimum Gasteiger partial charge on any atom is -0.193 e. The summed E-state index contributed by atoms with van der Waals surface area (Å²) < 4.78 is 0. The highest BCUT2D eigenvalue weighted by Crippen LogP contribution is 1.74. The van der Waals surface area contributed by atoms with Crippen LogP contribution in [0.4, 0.5) is 0 Å². The number of allylic oxidation sites excluding steroid dienone is 2. The molecule has 0 bridgehead atoms. The van der Waals surface area contributed by atoms with E-state index in [2.05, 4.69) is 16.8 Å². The van der Waals surface area contributed by atoms with E-state index < -0.39 is 0 Å². The molecule has 2 heteroatoms. The summed E-state index contributed by atoms with van der Waals surface area (Å²) in [5.41, 5.74) is 0. The Morgan fingerprint density at radius 2 is 2.29 bits per heavy atom. The lowest BCUT2D eigenvalue weighted by Gasteiger charge is -1.65. The van der Waals surface area contributed by atoms with Crippen molar-refractivity contribution >= 4 is 0 Å². The molecule has 0 aliphatic rings. The van der Waals surface area contributed by atoms with E-state index >= 15 is 0 Å². The Labute approximate surface area is 43.3 Å². The van der Waals surface area contributed by atoms with Crippen molar-refractivity contribution in [3.05, 3.63) is 24.9 Å². The van der Waals surface area contributed by atoms with Crippen molar-refractivity contribution in [2.24, 2.45) is 10.2 Å². The maximum atomic E-state index is 3.53. The molecule has 0 aromatic heterocycles. The topological polar surface area (TPSA) is 24.7 Å². The molecule has 0 aromatic rings. The van der Waals surface area contributed by atoms with E-state index in [9.17, 15) is 0 Å². The third-order valence-corrected chi connectivity index (χ3v) is 0.404. The van der Waals surface area contributed by atoms with Gasteiger partial charge in [0.05, 0.1) is 0 Å². The van der Waals surface area contributed by atoms with Crippen LogP contribution in [0.5, 0.6) is 0 Å². The van der Waals surface area contributed by atoms with Gasteiger partial charge in [0.2, 0.25) is 0 Å². The lowest BCUT2D eigenvalue weighted by Crippen LogP contribution is -1.44. The first-order chi connectivity index (χ1) is 3.41. The van der Waals surface area contributed by atoms with Gasteiger partial charge in [-0.15, -0.1) is 0 Å². The SMILES string of the molecule is C=C/C=C\N=N/C. The Kier molecular flexibility index (Phi) is 4.41.